The molecule has 0 radical (unpaired) electrons. The van der Waals surface area contributed by atoms with Gasteiger partial charge in [0.25, 0.3) is 0 Å². The lowest BCUT2D eigenvalue weighted by molar-refractivity contribution is 1.23. The summed E-state index contributed by atoms with van der Waals surface area (Å²) in [4.78, 5) is 3.86. The highest BCUT2D eigenvalue weighted by Gasteiger charge is 2.09. The molecule has 2 aliphatic rings. The summed E-state index contributed by atoms with van der Waals surface area (Å²) in [6.45, 7) is 0. The second-order valence-electron chi connectivity index (χ2n) is 1.59. The van der Waals surface area contributed by atoms with Gasteiger partial charge < -0.3 is 0 Å². The van der Waals surface area contributed by atoms with Crippen LogP contribution >= 0.6 is 0 Å². The van der Waals surface area contributed by atoms with E-state index in [0.717, 1.165) is 11.3 Å². The molecule has 0 spiro atoms. The van der Waals surface area contributed by atoms with E-state index < -0.39 is 0 Å². The normalized spacial score (nSPS) is 21.0. The van der Waals surface area contributed by atoms with Crippen LogP contribution in [0.1, 0.15) is 0 Å². The summed E-state index contributed by atoms with van der Waals surface area (Å²) in [5, 5.41) is 7.44. The van der Waals surface area contributed by atoms with Crippen LogP contribution in [-0.2, 0) is 0 Å². The first-order chi connectivity index (χ1) is 3.97. The minimum atomic E-state index is 0.880. The van der Waals surface area contributed by atoms with Gasteiger partial charge in [-0.3, -0.25) is 4.99 Å². The minimum absolute atomic E-state index is 0.880. The number of hydrogen-bond donors (Lipinski definition) is 0. The van der Waals surface area contributed by atoms with Crippen molar-refractivity contribution in [3.05, 3.63) is 23.7 Å². The van der Waals surface area contributed by atoms with Crippen molar-refractivity contribution in [2.45, 2.75) is 0 Å². The molecule has 8 heavy (non-hydrogen) atoms. The lowest BCUT2D eigenvalue weighted by Gasteiger charge is -1.78. The van der Waals surface area contributed by atoms with E-state index in [2.05, 4.69) is 15.2 Å². The van der Waals surface area contributed by atoms with Crippen LogP contribution in [0, 0.1) is 0 Å². The van der Waals surface area contributed by atoms with Crippen molar-refractivity contribution >= 4 is 6.21 Å². The first kappa shape index (κ1) is 3.72. The zero-order valence-corrected chi connectivity index (χ0v) is 4.07. The Morgan fingerprint density at radius 2 is 2.25 bits per heavy atom. The number of azo groups is 1. The Labute approximate surface area is 46.2 Å². The van der Waals surface area contributed by atoms with Crippen LogP contribution in [0.4, 0.5) is 0 Å². The summed E-state index contributed by atoms with van der Waals surface area (Å²) in [5.41, 5.74) is 1.90. The van der Waals surface area contributed by atoms with Crippen molar-refractivity contribution in [2.24, 2.45) is 15.2 Å². The summed E-state index contributed by atoms with van der Waals surface area (Å²) in [6, 6.07) is 0. The second-order valence-corrected chi connectivity index (χ2v) is 1.59. The van der Waals surface area contributed by atoms with Crippen molar-refractivity contribution in [3.63, 3.8) is 0 Å². The maximum atomic E-state index is 3.86. The van der Waals surface area contributed by atoms with Gasteiger partial charge in [-0.15, -0.1) is 5.11 Å². The summed E-state index contributed by atoms with van der Waals surface area (Å²) >= 11 is 0. The summed E-state index contributed by atoms with van der Waals surface area (Å²) in [7, 11) is 0. The fourth-order valence-electron chi connectivity index (χ4n) is 0.665. The Kier molecular flexibility index (Phi) is 0.521. The quantitative estimate of drug-likeness (QED) is 0.444. The zero-order valence-electron chi connectivity index (χ0n) is 4.07. The third-order valence-electron chi connectivity index (χ3n) is 1.07. The highest BCUT2D eigenvalue weighted by Crippen LogP contribution is 2.20. The molecule has 0 aromatic carbocycles. The van der Waals surface area contributed by atoms with Crippen LogP contribution in [0.2, 0.25) is 0 Å². The van der Waals surface area contributed by atoms with Gasteiger partial charge in [0.2, 0.25) is 0 Å². The zero-order chi connectivity index (χ0) is 5.40. The van der Waals surface area contributed by atoms with E-state index in [1.807, 2.05) is 0 Å². The number of rotatable bonds is 0. The highest BCUT2D eigenvalue weighted by molar-refractivity contribution is 5.88. The van der Waals surface area contributed by atoms with Gasteiger partial charge in [-0.1, -0.05) is 0 Å². The van der Waals surface area contributed by atoms with E-state index >= 15 is 0 Å². The first-order valence-electron chi connectivity index (χ1n) is 2.31. The molecule has 2 aliphatic heterocycles. The SMILES string of the molecule is C1=NC=C2N=NC=C12. The molecule has 0 amide bonds. The molecule has 0 aromatic heterocycles. The third-order valence-corrected chi connectivity index (χ3v) is 1.07. The van der Waals surface area contributed by atoms with E-state index in [9.17, 15) is 0 Å². The van der Waals surface area contributed by atoms with Crippen molar-refractivity contribution in [3.8, 4) is 0 Å². The smallest absolute Gasteiger partial charge is 0.114 e. The van der Waals surface area contributed by atoms with Crippen molar-refractivity contribution in [1.82, 2.24) is 0 Å². The van der Waals surface area contributed by atoms with E-state index in [1.54, 1.807) is 18.6 Å². The predicted molar refractivity (Wildman–Crippen MR) is 29.5 cm³/mol. The molecule has 0 bridgehead atoms. The van der Waals surface area contributed by atoms with Crippen molar-refractivity contribution in [1.29, 1.82) is 0 Å². The fourth-order valence-corrected chi connectivity index (χ4v) is 0.665. The fraction of sp³-hybridized carbons (Fsp3) is 0. The van der Waals surface area contributed by atoms with Crippen LogP contribution in [0.25, 0.3) is 0 Å². The van der Waals surface area contributed by atoms with E-state index in [1.165, 1.54) is 0 Å². The molecule has 2 rings (SSSR count). The Balaban J connectivity index is 2.59. The predicted octanol–water partition coefficient (Wildman–Crippen LogP) is 1.26. The largest absolute Gasteiger partial charge is 0.262 e. The standard InChI is InChI=1S/C5H3N3/c1-4-2-7-8-5(4)3-6-1/h1-3H. The number of allylic oxidation sites excluding steroid dienone is 1. The molecular formula is C5H3N3. The van der Waals surface area contributed by atoms with Gasteiger partial charge in [0, 0.05) is 11.8 Å². The molecule has 0 aliphatic carbocycles. The molecule has 38 valence electrons. The molecule has 0 saturated carbocycles. The monoisotopic (exact) mass is 105 g/mol. The minimum Gasteiger partial charge on any atom is -0.262 e. The van der Waals surface area contributed by atoms with Gasteiger partial charge >= 0.3 is 0 Å². The Bertz CT molecular complexity index is 206. The first-order valence-corrected chi connectivity index (χ1v) is 2.31. The van der Waals surface area contributed by atoms with Gasteiger partial charge in [0.1, 0.15) is 5.70 Å². The van der Waals surface area contributed by atoms with Crippen molar-refractivity contribution in [2.75, 3.05) is 0 Å². The van der Waals surface area contributed by atoms with Crippen molar-refractivity contribution < 1.29 is 0 Å². The Morgan fingerprint density at radius 1 is 1.25 bits per heavy atom. The van der Waals surface area contributed by atoms with Crippen LogP contribution < -0.4 is 0 Å². The van der Waals surface area contributed by atoms with E-state index in [-0.39, 0.29) is 0 Å². The highest BCUT2D eigenvalue weighted by atomic mass is 15.1. The average Bonchev–Trinajstić information content (AvgIpc) is 2.15. The Hall–Kier alpha value is -1.25. The molecule has 0 fully saturated rings. The summed E-state index contributed by atoms with van der Waals surface area (Å²) in [6.07, 6.45) is 5.14. The summed E-state index contributed by atoms with van der Waals surface area (Å²) < 4.78 is 0. The van der Waals surface area contributed by atoms with Gasteiger partial charge in [-0.05, 0) is 0 Å². The molecule has 2 heterocycles. The molecule has 0 atom stereocenters. The molecule has 3 heteroatoms. The maximum absolute atomic E-state index is 3.86. The number of fused-ring (bicyclic) bond motifs is 1. The van der Waals surface area contributed by atoms with Crippen LogP contribution in [0.15, 0.2) is 38.9 Å². The van der Waals surface area contributed by atoms with Crippen LogP contribution in [0.5, 0.6) is 0 Å². The Morgan fingerprint density at radius 3 is 3.12 bits per heavy atom. The van der Waals surface area contributed by atoms with Gasteiger partial charge in [0.15, 0.2) is 0 Å². The van der Waals surface area contributed by atoms with E-state index in [0.29, 0.717) is 0 Å². The second kappa shape index (κ2) is 1.12. The molecule has 3 nitrogen and oxygen atoms in total. The van der Waals surface area contributed by atoms with Crippen LogP contribution in [-0.4, -0.2) is 6.21 Å². The topological polar surface area (TPSA) is 37.1 Å². The molecule has 0 N–H and O–H groups in total. The molecule has 0 saturated heterocycles. The van der Waals surface area contributed by atoms with Crippen LogP contribution in [0.3, 0.4) is 0 Å². The third kappa shape index (κ3) is 0.307. The number of aliphatic imine (C=N–C) groups is 1. The number of hydrogen-bond acceptors (Lipinski definition) is 3. The average molecular weight is 105 g/mol. The lowest BCUT2D eigenvalue weighted by Crippen LogP contribution is -1.73. The molecule has 0 unspecified atom stereocenters. The molecular weight excluding hydrogens is 102 g/mol. The molecule has 0 aromatic rings. The maximum Gasteiger partial charge on any atom is 0.114 e. The van der Waals surface area contributed by atoms with Gasteiger partial charge in [0.05, 0.1) is 12.4 Å². The number of nitrogens with zero attached hydrogens (tertiary/aromatic N) is 3. The van der Waals surface area contributed by atoms with E-state index in [4.69, 9.17) is 0 Å². The van der Waals surface area contributed by atoms with Gasteiger partial charge in [-0.2, -0.15) is 5.11 Å². The van der Waals surface area contributed by atoms with Gasteiger partial charge in [-0.25, -0.2) is 0 Å². The lowest BCUT2D eigenvalue weighted by atomic mass is 10.3. The summed E-state index contributed by atoms with van der Waals surface area (Å²) in [5.74, 6) is 0.